The summed E-state index contributed by atoms with van der Waals surface area (Å²) in [7, 11) is -2.11. The number of nitrogens with two attached hydrogens (primary N) is 1. The number of halogens is 1. The van der Waals surface area contributed by atoms with Crippen molar-refractivity contribution in [2.75, 3.05) is 7.05 Å². The van der Waals surface area contributed by atoms with Crippen LogP contribution in [0.5, 0.6) is 0 Å². The van der Waals surface area contributed by atoms with Gasteiger partial charge < -0.3 is 5.73 Å². The maximum atomic E-state index is 12.6. The van der Waals surface area contributed by atoms with E-state index < -0.39 is 10.0 Å². The lowest BCUT2D eigenvalue weighted by atomic mass is 10.2. The minimum Gasteiger partial charge on any atom is -0.389 e. The molecule has 0 aliphatic carbocycles. The first-order valence-electron chi connectivity index (χ1n) is 6.29. The average molecular weight is 335 g/mol. The molecule has 0 bridgehead atoms. The van der Waals surface area contributed by atoms with Crippen LogP contribution >= 0.6 is 23.8 Å². The van der Waals surface area contributed by atoms with E-state index in [1.807, 2.05) is 13.8 Å². The van der Waals surface area contributed by atoms with Crippen LogP contribution in [-0.4, -0.2) is 30.8 Å². The minimum absolute atomic E-state index is 0.0370. The Balaban J connectivity index is 3.27. The number of rotatable bonds is 6. The van der Waals surface area contributed by atoms with Gasteiger partial charge in [0, 0.05) is 18.7 Å². The van der Waals surface area contributed by atoms with Crippen LogP contribution in [0.15, 0.2) is 23.1 Å². The number of sulfonamides is 1. The fourth-order valence-corrected chi connectivity index (χ4v) is 3.86. The molecule has 7 heteroatoms. The average Bonchev–Trinajstić information content (AvgIpc) is 2.37. The van der Waals surface area contributed by atoms with E-state index in [0.717, 1.165) is 12.8 Å². The molecule has 0 heterocycles. The first-order chi connectivity index (χ1) is 9.21. The third-order valence-corrected chi connectivity index (χ3v) is 5.89. The Morgan fingerprint density at radius 1 is 1.50 bits per heavy atom. The van der Waals surface area contributed by atoms with Gasteiger partial charge in [-0.2, -0.15) is 4.31 Å². The van der Waals surface area contributed by atoms with Gasteiger partial charge in [-0.25, -0.2) is 8.42 Å². The highest BCUT2D eigenvalue weighted by Gasteiger charge is 2.27. The maximum Gasteiger partial charge on any atom is 0.244 e. The van der Waals surface area contributed by atoms with Gasteiger partial charge in [0.1, 0.15) is 9.88 Å². The summed E-state index contributed by atoms with van der Waals surface area (Å²) in [5.41, 5.74) is 6.03. The van der Waals surface area contributed by atoms with Gasteiger partial charge >= 0.3 is 0 Å². The molecule has 0 aliphatic rings. The summed E-state index contributed by atoms with van der Waals surface area (Å²) in [6.07, 6.45) is 1.68. The molecule has 112 valence electrons. The largest absolute Gasteiger partial charge is 0.389 e. The molecule has 1 aromatic carbocycles. The highest BCUT2D eigenvalue weighted by atomic mass is 35.5. The van der Waals surface area contributed by atoms with Crippen molar-refractivity contribution >= 4 is 38.8 Å². The van der Waals surface area contributed by atoms with E-state index in [-0.39, 0.29) is 20.9 Å². The molecule has 0 radical (unpaired) electrons. The summed E-state index contributed by atoms with van der Waals surface area (Å²) in [6, 6.07) is 4.44. The predicted octanol–water partition coefficient (Wildman–Crippen LogP) is 2.78. The predicted molar refractivity (Wildman–Crippen MR) is 86.7 cm³/mol. The zero-order valence-electron chi connectivity index (χ0n) is 11.8. The molecule has 4 nitrogen and oxygen atoms in total. The van der Waals surface area contributed by atoms with Crippen LogP contribution in [0, 0.1) is 0 Å². The summed E-state index contributed by atoms with van der Waals surface area (Å²) in [6.45, 7) is 3.88. The van der Waals surface area contributed by atoms with Gasteiger partial charge in [-0.15, -0.1) is 0 Å². The normalized spacial score (nSPS) is 13.4. The van der Waals surface area contributed by atoms with Crippen molar-refractivity contribution < 1.29 is 8.42 Å². The van der Waals surface area contributed by atoms with Crippen molar-refractivity contribution in [3.63, 3.8) is 0 Å². The molecule has 0 spiro atoms. The summed E-state index contributed by atoms with van der Waals surface area (Å²) < 4.78 is 26.5. The second-order valence-corrected chi connectivity index (χ2v) is 7.48. The number of thiocarbonyl (C=S) groups is 1. The van der Waals surface area contributed by atoms with Crippen LogP contribution in [0.4, 0.5) is 0 Å². The molecule has 0 fully saturated rings. The van der Waals surface area contributed by atoms with E-state index in [9.17, 15) is 8.42 Å². The topological polar surface area (TPSA) is 63.4 Å². The van der Waals surface area contributed by atoms with Gasteiger partial charge in [0.05, 0.1) is 5.02 Å². The monoisotopic (exact) mass is 334 g/mol. The van der Waals surface area contributed by atoms with Crippen LogP contribution in [0.3, 0.4) is 0 Å². The Labute approximate surface area is 131 Å². The van der Waals surface area contributed by atoms with E-state index in [1.54, 1.807) is 13.1 Å². The second kappa shape index (κ2) is 6.85. The third-order valence-electron chi connectivity index (χ3n) is 3.20. The Morgan fingerprint density at radius 2 is 2.10 bits per heavy atom. The lowest BCUT2D eigenvalue weighted by Crippen LogP contribution is -2.35. The zero-order valence-corrected chi connectivity index (χ0v) is 14.1. The van der Waals surface area contributed by atoms with Gasteiger partial charge in [-0.3, -0.25) is 0 Å². The second-order valence-electron chi connectivity index (χ2n) is 4.67. The van der Waals surface area contributed by atoms with Crippen LogP contribution in [0.1, 0.15) is 32.3 Å². The molecule has 1 rings (SSSR count). The lowest BCUT2D eigenvalue weighted by molar-refractivity contribution is 0.369. The van der Waals surface area contributed by atoms with E-state index in [0.29, 0.717) is 5.56 Å². The van der Waals surface area contributed by atoms with E-state index in [4.69, 9.17) is 29.6 Å². The van der Waals surface area contributed by atoms with Crippen molar-refractivity contribution in [2.24, 2.45) is 5.73 Å². The Kier molecular flexibility index (Phi) is 5.94. The van der Waals surface area contributed by atoms with Crippen molar-refractivity contribution in [3.05, 3.63) is 28.8 Å². The number of hydrogen-bond acceptors (Lipinski definition) is 3. The molecule has 0 amide bonds. The van der Waals surface area contributed by atoms with Crippen LogP contribution in [0.2, 0.25) is 5.02 Å². The lowest BCUT2D eigenvalue weighted by Gasteiger charge is -2.24. The molecule has 0 saturated heterocycles. The SMILES string of the molecule is CCCC(C)N(C)S(=O)(=O)c1cc(C(N)=S)ccc1Cl. The van der Waals surface area contributed by atoms with Crippen molar-refractivity contribution in [1.29, 1.82) is 0 Å². The standard InChI is InChI=1S/C13H19ClN2O2S2/c1-4-5-9(2)16(3)20(17,18)12-8-10(13(15)19)6-7-11(12)14/h6-9H,4-5H2,1-3H3,(H2,15,19). The van der Waals surface area contributed by atoms with Crippen molar-refractivity contribution in [3.8, 4) is 0 Å². The molecular weight excluding hydrogens is 316 g/mol. The zero-order chi connectivity index (χ0) is 15.5. The molecule has 1 atom stereocenters. The van der Waals surface area contributed by atoms with Crippen LogP contribution < -0.4 is 5.73 Å². The van der Waals surface area contributed by atoms with Crippen molar-refractivity contribution in [2.45, 2.75) is 37.6 Å². The highest BCUT2D eigenvalue weighted by Crippen LogP contribution is 2.27. The first kappa shape index (κ1) is 17.4. The van der Waals surface area contributed by atoms with Gasteiger partial charge in [-0.05, 0) is 25.5 Å². The van der Waals surface area contributed by atoms with Gasteiger partial charge in [-0.1, -0.05) is 43.2 Å². The Morgan fingerprint density at radius 3 is 2.60 bits per heavy atom. The van der Waals surface area contributed by atoms with Crippen molar-refractivity contribution in [1.82, 2.24) is 4.31 Å². The Bertz CT molecular complexity index is 602. The molecule has 1 aromatic rings. The molecular formula is C13H19ClN2O2S2. The summed E-state index contributed by atoms with van der Waals surface area (Å²) in [5, 5.41) is 0.167. The highest BCUT2D eigenvalue weighted by molar-refractivity contribution is 7.89. The first-order valence-corrected chi connectivity index (χ1v) is 8.51. The molecule has 0 saturated carbocycles. The quantitative estimate of drug-likeness (QED) is 0.812. The third kappa shape index (κ3) is 3.69. The molecule has 0 aromatic heterocycles. The number of hydrogen-bond donors (Lipinski definition) is 1. The maximum absolute atomic E-state index is 12.6. The van der Waals surface area contributed by atoms with Gasteiger partial charge in [0.2, 0.25) is 10.0 Å². The number of nitrogens with zero attached hydrogens (tertiary/aromatic N) is 1. The van der Waals surface area contributed by atoms with Gasteiger partial charge in [0.25, 0.3) is 0 Å². The van der Waals surface area contributed by atoms with Crippen LogP contribution in [0.25, 0.3) is 0 Å². The number of benzene rings is 1. The van der Waals surface area contributed by atoms with E-state index >= 15 is 0 Å². The Hall–Kier alpha value is -0.690. The fourth-order valence-electron chi connectivity index (χ4n) is 1.85. The van der Waals surface area contributed by atoms with E-state index in [1.165, 1.54) is 16.4 Å². The summed E-state index contributed by atoms with van der Waals surface area (Å²) in [4.78, 5) is 0.178. The smallest absolute Gasteiger partial charge is 0.244 e. The van der Waals surface area contributed by atoms with Crippen LogP contribution in [-0.2, 0) is 10.0 Å². The van der Waals surface area contributed by atoms with Gasteiger partial charge in [0.15, 0.2) is 0 Å². The van der Waals surface area contributed by atoms with E-state index in [2.05, 4.69) is 0 Å². The molecule has 20 heavy (non-hydrogen) atoms. The molecule has 1 unspecified atom stereocenters. The summed E-state index contributed by atoms with van der Waals surface area (Å²) in [5.74, 6) is 0. The molecule has 2 N–H and O–H groups in total. The molecule has 0 aliphatic heterocycles. The fraction of sp³-hybridized carbons (Fsp3) is 0.462. The minimum atomic E-state index is -3.66. The summed E-state index contributed by atoms with van der Waals surface area (Å²) >= 11 is 10.9.